The molecule has 4 nitrogen and oxygen atoms in total. The molecule has 4 heteroatoms. The molecule has 0 fully saturated rings. The van der Waals surface area contributed by atoms with Crippen LogP contribution in [0.3, 0.4) is 0 Å². The Morgan fingerprint density at radius 1 is 0.613 bits per heavy atom. The standard InChI is InChI=1S/C27H44O4/c1-2-3-4-5-6-7-10-16-23-18-15-19-24(17-11-8-13-21-26(28)29)25(23)20-12-9-14-22-27(30)31/h15,18-19H,2-14,16-17,20-22H2,1H3,(H,28,29)(H,30,31). The first kappa shape index (κ1) is 27.2. The second-order valence-electron chi connectivity index (χ2n) is 8.83. The summed E-state index contributed by atoms with van der Waals surface area (Å²) in [6.07, 6.45) is 18.3. The van der Waals surface area contributed by atoms with E-state index in [2.05, 4.69) is 25.1 Å². The summed E-state index contributed by atoms with van der Waals surface area (Å²) in [5.41, 5.74) is 4.35. The van der Waals surface area contributed by atoms with E-state index in [1.54, 1.807) is 0 Å². The zero-order chi connectivity index (χ0) is 22.7. The highest BCUT2D eigenvalue weighted by molar-refractivity contribution is 5.66. The van der Waals surface area contributed by atoms with E-state index < -0.39 is 11.9 Å². The smallest absolute Gasteiger partial charge is 0.303 e. The quantitative estimate of drug-likeness (QED) is 0.211. The molecule has 0 heterocycles. The normalized spacial score (nSPS) is 11.0. The molecule has 0 bridgehead atoms. The Kier molecular flexibility index (Phi) is 15.6. The van der Waals surface area contributed by atoms with Gasteiger partial charge >= 0.3 is 11.9 Å². The van der Waals surface area contributed by atoms with Crippen LogP contribution in [0.25, 0.3) is 0 Å². The minimum Gasteiger partial charge on any atom is -0.481 e. The summed E-state index contributed by atoms with van der Waals surface area (Å²) in [6.45, 7) is 2.25. The largest absolute Gasteiger partial charge is 0.481 e. The van der Waals surface area contributed by atoms with Gasteiger partial charge in [0.05, 0.1) is 0 Å². The van der Waals surface area contributed by atoms with Crippen molar-refractivity contribution in [2.75, 3.05) is 0 Å². The van der Waals surface area contributed by atoms with Crippen molar-refractivity contribution in [3.63, 3.8) is 0 Å². The number of aliphatic carboxylic acids is 2. The lowest BCUT2D eigenvalue weighted by Gasteiger charge is -2.15. The second kappa shape index (κ2) is 17.8. The summed E-state index contributed by atoms with van der Waals surface area (Å²) in [5.74, 6) is -1.42. The van der Waals surface area contributed by atoms with E-state index >= 15 is 0 Å². The summed E-state index contributed by atoms with van der Waals surface area (Å²) in [7, 11) is 0. The summed E-state index contributed by atoms with van der Waals surface area (Å²) in [6, 6.07) is 6.69. The van der Waals surface area contributed by atoms with Gasteiger partial charge in [0.2, 0.25) is 0 Å². The van der Waals surface area contributed by atoms with Crippen molar-refractivity contribution in [1.82, 2.24) is 0 Å². The molecule has 0 amide bonds. The molecule has 176 valence electrons. The number of hydrogen-bond donors (Lipinski definition) is 2. The molecule has 2 N–H and O–H groups in total. The fourth-order valence-electron chi connectivity index (χ4n) is 4.27. The Balaban J connectivity index is 2.59. The Labute approximate surface area is 189 Å². The van der Waals surface area contributed by atoms with Crippen molar-refractivity contribution in [1.29, 1.82) is 0 Å². The number of rotatable bonds is 20. The summed E-state index contributed by atoms with van der Waals surface area (Å²) in [5, 5.41) is 17.7. The fourth-order valence-corrected chi connectivity index (χ4v) is 4.27. The van der Waals surface area contributed by atoms with Gasteiger partial charge < -0.3 is 10.2 Å². The van der Waals surface area contributed by atoms with E-state index in [9.17, 15) is 9.59 Å². The Morgan fingerprint density at radius 2 is 1.03 bits per heavy atom. The molecule has 0 saturated heterocycles. The van der Waals surface area contributed by atoms with Crippen molar-refractivity contribution >= 4 is 11.9 Å². The van der Waals surface area contributed by atoms with Crippen LogP contribution in [0, 0.1) is 0 Å². The van der Waals surface area contributed by atoms with Gasteiger partial charge in [0, 0.05) is 12.8 Å². The molecule has 0 radical (unpaired) electrons. The first-order valence-corrected chi connectivity index (χ1v) is 12.6. The third-order valence-electron chi connectivity index (χ3n) is 6.07. The van der Waals surface area contributed by atoms with Gasteiger partial charge in [-0.1, -0.05) is 76.5 Å². The van der Waals surface area contributed by atoms with Gasteiger partial charge in [-0.05, 0) is 68.1 Å². The SMILES string of the molecule is CCCCCCCCCc1cccc(CCCCCC(=O)O)c1CCCCCC(=O)O. The van der Waals surface area contributed by atoms with Gasteiger partial charge in [-0.15, -0.1) is 0 Å². The average Bonchev–Trinajstić information content (AvgIpc) is 2.73. The topological polar surface area (TPSA) is 74.6 Å². The van der Waals surface area contributed by atoms with Crippen LogP contribution in [-0.2, 0) is 28.9 Å². The number of hydrogen-bond acceptors (Lipinski definition) is 2. The van der Waals surface area contributed by atoms with Crippen molar-refractivity contribution in [2.24, 2.45) is 0 Å². The molecular weight excluding hydrogens is 388 g/mol. The van der Waals surface area contributed by atoms with Crippen LogP contribution in [0.5, 0.6) is 0 Å². The highest BCUT2D eigenvalue weighted by Crippen LogP contribution is 2.23. The van der Waals surface area contributed by atoms with Crippen LogP contribution in [0.4, 0.5) is 0 Å². The fraction of sp³-hybridized carbons (Fsp3) is 0.704. The van der Waals surface area contributed by atoms with E-state index in [0.29, 0.717) is 0 Å². The van der Waals surface area contributed by atoms with Crippen molar-refractivity contribution in [3.8, 4) is 0 Å². The second-order valence-corrected chi connectivity index (χ2v) is 8.83. The number of unbranched alkanes of at least 4 members (excludes halogenated alkanes) is 10. The molecule has 0 aliphatic heterocycles. The zero-order valence-corrected chi connectivity index (χ0v) is 19.7. The predicted molar refractivity (Wildman–Crippen MR) is 128 cm³/mol. The lowest BCUT2D eigenvalue weighted by atomic mass is 9.90. The van der Waals surface area contributed by atoms with Crippen molar-refractivity contribution in [2.45, 2.75) is 122 Å². The molecule has 1 aromatic carbocycles. The minimum atomic E-state index is -0.709. The Bertz CT molecular complexity index is 624. The third-order valence-corrected chi connectivity index (χ3v) is 6.07. The molecule has 31 heavy (non-hydrogen) atoms. The van der Waals surface area contributed by atoms with E-state index in [-0.39, 0.29) is 12.8 Å². The van der Waals surface area contributed by atoms with Gasteiger partial charge in [-0.2, -0.15) is 0 Å². The van der Waals surface area contributed by atoms with E-state index in [1.807, 2.05) is 0 Å². The van der Waals surface area contributed by atoms with Gasteiger partial charge in [0.1, 0.15) is 0 Å². The zero-order valence-electron chi connectivity index (χ0n) is 19.7. The lowest BCUT2D eigenvalue weighted by Crippen LogP contribution is -2.03. The average molecular weight is 433 g/mol. The first-order chi connectivity index (χ1) is 15.0. The van der Waals surface area contributed by atoms with Gasteiger partial charge in [0.25, 0.3) is 0 Å². The van der Waals surface area contributed by atoms with Gasteiger partial charge in [-0.3, -0.25) is 9.59 Å². The lowest BCUT2D eigenvalue weighted by molar-refractivity contribution is -0.138. The molecule has 0 atom stereocenters. The van der Waals surface area contributed by atoms with Crippen molar-refractivity contribution in [3.05, 3.63) is 34.9 Å². The maximum absolute atomic E-state index is 10.7. The monoisotopic (exact) mass is 432 g/mol. The molecule has 0 spiro atoms. The maximum Gasteiger partial charge on any atom is 0.303 e. The molecule has 0 saturated carbocycles. The highest BCUT2D eigenvalue weighted by atomic mass is 16.4. The molecular formula is C27H44O4. The number of benzene rings is 1. The summed E-state index contributed by atoms with van der Waals surface area (Å²) >= 11 is 0. The molecule has 0 aromatic heterocycles. The highest BCUT2D eigenvalue weighted by Gasteiger charge is 2.09. The minimum absolute atomic E-state index is 0.259. The van der Waals surface area contributed by atoms with Crippen LogP contribution in [0.15, 0.2) is 18.2 Å². The van der Waals surface area contributed by atoms with Crippen LogP contribution in [0.1, 0.15) is 120 Å². The molecule has 1 rings (SSSR count). The summed E-state index contributed by atoms with van der Waals surface area (Å²) in [4.78, 5) is 21.5. The molecule has 0 aliphatic rings. The van der Waals surface area contributed by atoms with E-state index in [4.69, 9.17) is 10.2 Å². The van der Waals surface area contributed by atoms with Gasteiger partial charge in [-0.25, -0.2) is 0 Å². The molecule has 0 unspecified atom stereocenters. The Morgan fingerprint density at radius 3 is 1.52 bits per heavy atom. The molecule has 1 aromatic rings. The van der Waals surface area contributed by atoms with Crippen LogP contribution < -0.4 is 0 Å². The predicted octanol–water partition coefficient (Wildman–Crippen LogP) is 7.35. The number of carboxylic acid groups (broad SMARTS) is 2. The van der Waals surface area contributed by atoms with Gasteiger partial charge in [0.15, 0.2) is 0 Å². The van der Waals surface area contributed by atoms with Crippen molar-refractivity contribution < 1.29 is 19.8 Å². The van der Waals surface area contributed by atoms with E-state index in [1.165, 1.54) is 61.6 Å². The number of carboxylic acids is 2. The van der Waals surface area contributed by atoms with Crippen LogP contribution in [-0.4, -0.2) is 22.2 Å². The maximum atomic E-state index is 10.7. The van der Waals surface area contributed by atoms with Crippen LogP contribution >= 0.6 is 0 Å². The number of aryl methyl sites for hydroxylation is 2. The number of carbonyl (C=O) groups is 2. The van der Waals surface area contributed by atoms with Crippen LogP contribution in [0.2, 0.25) is 0 Å². The summed E-state index contributed by atoms with van der Waals surface area (Å²) < 4.78 is 0. The third kappa shape index (κ3) is 14.0. The molecule has 0 aliphatic carbocycles. The van der Waals surface area contributed by atoms with E-state index in [0.717, 1.165) is 57.8 Å². The Hall–Kier alpha value is -1.84. The first-order valence-electron chi connectivity index (χ1n) is 12.6.